The molecule has 1 aromatic rings. The molecule has 1 fully saturated rings. The van der Waals surface area contributed by atoms with Crippen molar-refractivity contribution in [1.82, 2.24) is 10.6 Å². The third kappa shape index (κ3) is 4.13. The number of carbonyl (C=O) groups is 1. The quantitative estimate of drug-likeness (QED) is 0.665. The summed E-state index contributed by atoms with van der Waals surface area (Å²) in [5.41, 5.74) is 0.183. The number of nitrogens with one attached hydrogen (secondary N) is 2. The first kappa shape index (κ1) is 13.7. The van der Waals surface area contributed by atoms with Gasteiger partial charge in [0.25, 0.3) is 0 Å². The third-order valence-electron chi connectivity index (χ3n) is 3.50. The predicted molar refractivity (Wildman–Crippen MR) is 71.8 cm³/mol. The van der Waals surface area contributed by atoms with Gasteiger partial charge in [0, 0.05) is 13.1 Å². The van der Waals surface area contributed by atoms with Crippen LogP contribution in [0.2, 0.25) is 0 Å². The van der Waals surface area contributed by atoms with Crippen molar-refractivity contribution < 1.29 is 15.0 Å². The molecule has 1 aliphatic rings. The minimum Gasteiger partial charge on any atom is -0.508 e. The Balaban J connectivity index is 1.71. The molecule has 0 bridgehead atoms. The third-order valence-corrected chi connectivity index (χ3v) is 3.50. The first-order valence-corrected chi connectivity index (χ1v) is 6.59. The minimum absolute atomic E-state index is 0.205. The molecule has 2 rings (SSSR count). The Labute approximate surface area is 112 Å². The number of phenolic OH excluding ortho intramolecular Hbond substituents is 1. The van der Waals surface area contributed by atoms with Crippen LogP contribution >= 0.6 is 0 Å². The monoisotopic (exact) mass is 264 g/mol. The van der Waals surface area contributed by atoms with Crippen molar-refractivity contribution in [2.45, 2.75) is 37.8 Å². The maximum atomic E-state index is 11.6. The number of benzene rings is 1. The van der Waals surface area contributed by atoms with Gasteiger partial charge in [-0.2, -0.15) is 0 Å². The second kappa shape index (κ2) is 5.93. The summed E-state index contributed by atoms with van der Waals surface area (Å²) in [5, 5.41) is 24.6. The summed E-state index contributed by atoms with van der Waals surface area (Å²) < 4.78 is 0. The molecule has 2 amide bonds. The fourth-order valence-electron chi connectivity index (χ4n) is 2.31. The fraction of sp³-hybridized carbons (Fsp3) is 0.500. The van der Waals surface area contributed by atoms with Gasteiger partial charge in [-0.05, 0) is 30.5 Å². The Kier molecular flexibility index (Phi) is 4.27. The average molecular weight is 264 g/mol. The molecule has 5 heteroatoms. The lowest BCUT2D eigenvalue weighted by atomic mass is 10.0. The highest BCUT2D eigenvalue weighted by molar-refractivity contribution is 5.73. The van der Waals surface area contributed by atoms with E-state index in [1.54, 1.807) is 24.3 Å². The molecule has 0 heterocycles. The molecule has 0 aromatic heterocycles. The highest BCUT2D eigenvalue weighted by Gasteiger charge is 2.31. The maximum Gasteiger partial charge on any atom is 0.315 e. The molecule has 0 radical (unpaired) electrons. The number of amides is 2. The number of rotatable bonds is 4. The molecule has 5 nitrogen and oxygen atoms in total. The van der Waals surface area contributed by atoms with Crippen molar-refractivity contribution in [3.05, 3.63) is 29.8 Å². The van der Waals surface area contributed by atoms with E-state index in [2.05, 4.69) is 10.6 Å². The summed E-state index contributed by atoms with van der Waals surface area (Å²) in [6, 6.07) is 6.38. The van der Waals surface area contributed by atoms with Gasteiger partial charge in [-0.3, -0.25) is 0 Å². The van der Waals surface area contributed by atoms with Crippen LogP contribution in [0.25, 0.3) is 0 Å². The van der Waals surface area contributed by atoms with Crippen LogP contribution in [-0.2, 0) is 6.54 Å². The highest BCUT2D eigenvalue weighted by atomic mass is 16.3. The number of aromatic hydroxyl groups is 1. The highest BCUT2D eigenvalue weighted by Crippen LogP contribution is 2.28. The second-order valence-electron chi connectivity index (χ2n) is 5.13. The smallest absolute Gasteiger partial charge is 0.315 e. The van der Waals surface area contributed by atoms with Crippen LogP contribution in [0.15, 0.2) is 24.3 Å². The van der Waals surface area contributed by atoms with Gasteiger partial charge in [0.15, 0.2) is 0 Å². The topological polar surface area (TPSA) is 81.6 Å². The molecule has 1 aliphatic carbocycles. The Bertz CT molecular complexity index is 425. The number of aliphatic hydroxyl groups is 1. The van der Waals surface area contributed by atoms with Crippen LogP contribution in [0.5, 0.6) is 5.75 Å². The Morgan fingerprint density at radius 3 is 2.42 bits per heavy atom. The molecular formula is C14H20N2O3. The zero-order chi connectivity index (χ0) is 13.7. The molecule has 0 saturated heterocycles. The van der Waals surface area contributed by atoms with Gasteiger partial charge in [0.1, 0.15) is 5.75 Å². The van der Waals surface area contributed by atoms with Crippen LogP contribution in [0.4, 0.5) is 4.79 Å². The maximum absolute atomic E-state index is 11.6. The Morgan fingerprint density at radius 1 is 1.16 bits per heavy atom. The second-order valence-corrected chi connectivity index (χ2v) is 5.13. The summed E-state index contributed by atoms with van der Waals surface area (Å²) in [5.74, 6) is 0.205. The summed E-state index contributed by atoms with van der Waals surface area (Å²) in [7, 11) is 0. The van der Waals surface area contributed by atoms with E-state index in [1.165, 1.54) is 0 Å². The van der Waals surface area contributed by atoms with Gasteiger partial charge in [-0.15, -0.1) is 0 Å². The van der Waals surface area contributed by atoms with Crippen molar-refractivity contribution in [3.63, 3.8) is 0 Å². The van der Waals surface area contributed by atoms with Crippen LogP contribution in [-0.4, -0.2) is 28.4 Å². The largest absolute Gasteiger partial charge is 0.508 e. The van der Waals surface area contributed by atoms with Gasteiger partial charge in [0.05, 0.1) is 5.60 Å². The zero-order valence-electron chi connectivity index (χ0n) is 10.9. The molecule has 1 aromatic carbocycles. The molecule has 0 spiro atoms. The number of urea groups is 1. The molecule has 0 unspecified atom stereocenters. The molecule has 0 atom stereocenters. The van der Waals surface area contributed by atoms with Crippen molar-refractivity contribution in [1.29, 1.82) is 0 Å². The lowest BCUT2D eigenvalue weighted by molar-refractivity contribution is 0.0501. The van der Waals surface area contributed by atoms with Gasteiger partial charge in [-0.25, -0.2) is 4.79 Å². The summed E-state index contributed by atoms with van der Waals surface area (Å²) in [4.78, 5) is 11.6. The number of phenols is 1. The fourth-order valence-corrected chi connectivity index (χ4v) is 2.31. The predicted octanol–water partition coefficient (Wildman–Crippen LogP) is 1.50. The normalized spacial score (nSPS) is 17.1. The van der Waals surface area contributed by atoms with Crippen molar-refractivity contribution in [2.24, 2.45) is 0 Å². The van der Waals surface area contributed by atoms with E-state index in [-0.39, 0.29) is 11.8 Å². The van der Waals surface area contributed by atoms with Crippen molar-refractivity contribution in [2.75, 3.05) is 6.54 Å². The van der Waals surface area contributed by atoms with Gasteiger partial charge < -0.3 is 20.8 Å². The Hall–Kier alpha value is -1.75. The lowest BCUT2D eigenvalue weighted by Gasteiger charge is -2.22. The summed E-state index contributed by atoms with van der Waals surface area (Å²) in [6.07, 6.45) is 3.55. The van der Waals surface area contributed by atoms with Crippen molar-refractivity contribution >= 4 is 6.03 Å². The minimum atomic E-state index is -0.726. The first-order valence-electron chi connectivity index (χ1n) is 6.59. The molecule has 0 aliphatic heterocycles. The SMILES string of the molecule is O=C(NCc1ccc(O)cc1)NCC1(O)CCCC1. The van der Waals surface area contributed by atoms with Gasteiger partial charge >= 0.3 is 6.03 Å². The summed E-state index contributed by atoms with van der Waals surface area (Å²) in [6.45, 7) is 0.693. The number of carbonyl (C=O) groups excluding carboxylic acids is 1. The number of hydrogen-bond donors (Lipinski definition) is 4. The first-order chi connectivity index (χ1) is 9.07. The summed E-state index contributed by atoms with van der Waals surface area (Å²) >= 11 is 0. The van der Waals surface area contributed by atoms with E-state index >= 15 is 0 Å². The van der Waals surface area contributed by atoms with Crippen LogP contribution in [0.3, 0.4) is 0 Å². The van der Waals surface area contributed by atoms with Crippen LogP contribution in [0, 0.1) is 0 Å². The van der Waals surface area contributed by atoms with Crippen molar-refractivity contribution in [3.8, 4) is 5.75 Å². The van der Waals surface area contributed by atoms with Gasteiger partial charge in [0.2, 0.25) is 0 Å². The number of hydrogen-bond acceptors (Lipinski definition) is 3. The van der Waals surface area contributed by atoms with E-state index in [0.29, 0.717) is 13.1 Å². The van der Waals surface area contributed by atoms with Crippen LogP contribution in [0.1, 0.15) is 31.2 Å². The lowest BCUT2D eigenvalue weighted by Crippen LogP contribution is -2.44. The molecular weight excluding hydrogens is 244 g/mol. The molecule has 104 valence electrons. The zero-order valence-corrected chi connectivity index (χ0v) is 10.9. The van der Waals surface area contributed by atoms with Crippen LogP contribution < -0.4 is 10.6 Å². The van der Waals surface area contributed by atoms with E-state index < -0.39 is 5.60 Å². The Morgan fingerprint density at radius 2 is 1.79 bits per heavy atom. The van der Waals surface area contributed by atoms with E-state index in [4.69, 9.17) is 5.11 Å². The molecule has 1 saturated carbocycles. The van der Waals surface area contributed by atoms with E-state index in [1.807, 2.05) is 0 Å². The van der Waals surface area contributed by atoms with Gasteiger partial charge in [-0.1, -0.05) is 25.0 Å². The van der Waals surface area contributed by atoms with E-state index in [9.17, 15) is 9.90 Å². The molecule has 4 N–H and O–H groups in total. The van der Waals surface area contributed by atoms with E-state index in [0.717, 1.165) is 31.2 Å². The standard InChI is InChI=1S/C14H20N2O3/c17-12-5-3-11(4-6-12)9-15-13(18)16-10-14(19)7-1-2-8-14/h3-6,17,19H,1-2,7-10H2,(H2,15,16,18). The molecule has 19 heavy (non-hydrogen) atoms. The average Bonchev–Trinajstić information content (AvgIpc) is 2.83.